The number of hydrogen-bond donors (Lipinski definition) is 3. The SMILES string of the molecule is Nc1cc(F)ccc1NCC1CCCCC1O. The number of hydrogen-bond acceptors (Lipinski definition) is 3. The normalized spacial score (nSPS) is 24.6. The van der Waals surface area contributed by atoms with Gasteiger partial charge >= 0.3 is 0 Å². The second-order valence-electron chi connectivity index (χ2n) is 4.72. The minimum Gasteiger partial charge on any atom is -0.397 e. The lowest BCUT2D eigenvalue weighted by molar-refractivity contribution is 0.0763. The summed E-state index contributed by atoms with van der Waals surface area (Å²) < 4.78 is 12.9. The number of nitrogens with two attached hydrogens (primary N) is 1. The van der Waals surface area contributed by atoms with Gasteiger partial charge < -0.3 is 16.2 Å². The van der Waals surface area contributed by atoms with Crippen molar-refractivity contribution in [3.05, 3.63) is 24.0 Å². The number of anilines is 2. The zero-order valence-corrected chi connectivity index (χ0v) is 9.82. The molecule has 1 aromatic rings. The molecule has 2 unspecified atom stereocenters. The highest BCUT2D eigenvalue weighted by Gasteiger charge is 2.22. The van der Waals surface area contributed by atoms with Crippen LogP contribution in [-0.2, 0) is 0 Å². The molecule has 94 valence electrons. The van der Waals surface area contributed by atoms with E-state index < -0.39 is 0 Å². The molecule has 1 aliphatic rings. The highest BCUT2D eigenvalue weighted by molar-refractivity contribution is 5.65. The predicted octanol–water partition coefficient (Wildman–Crippen LogP) is 2.37. The molecule has 0 spiro atoms. The number of aliphatic hydroxyl groups excluding tert-OH is 1. The van der Waals surface area contributed by atoms with Crippen LogP contribution in [0.15, 0.2) is 18.2 Å². The number of benzene rings is 1. The molecule has 3 nitrogen and oxygen atoms in total. The van der Waals surface area contributed by atoms with Crippen molar-refractivity contribution in [3.63, 3.8) is 0 Å². The van der Waals surface area contributed by atoms with E-state index in [0.717, 1.165) is 24.9 Å². The number of halogens is 1. The van der Waals surface area contributed by atoms with Crippen molar-refractivity contribution in [1.29, 1.82) is 0 Å². The highest BCUT2D eigenvalue weighted by Crippen LogP contribution is 2.26. The van der Waals surface area contributed by atoms with E-state index in [9.17, 15) is 9.50 Å². The molecule has 17 heavy (non-hydrogen) atoms. The molecule has 2 atom stereocenters. The smallest absolute Gasteiger partial charge is 0.125 e. The average Bonchev–Trinajstić information content (AvgIpc) is 2.30. The van der Waals surface area contributed by atoms with E-state index in [0.29, 0.717) is 12.2 Å². The summed E-state index contributed by atoms with van der Waals surface area (Å²) in [5, 5.41) is 13.0. The second kappa shape index (κ2) is 5.36. The predicted molar refractivity (Wildman–Crippen MR) is 67.3 cm³/mol. The molecule has 0 bridgehead atoms. The van der Waals surface area contributed by atoms with Crippen LogP contribution in [0.4, 0.5) is 15.8 Å². The Labute approximate surface area is 101 Å². The third-order valence-electron chi connectivity index (χ3n) is 3.44. The minimum atomic E-state index is -0.328. The van der Waals surface area contributed by atoms with E-state index >= 15 is 0 Å². The lowest BCUT2D eigenvalue weighted by atomic mass is 9.86. The maximum atomic E-state index is 12.9. The summed E-state index contributed by atoms with van der Waals surface area (Å²) in [6, 6.07) is 4.33. The molecule has 2 rings (SSSR count). The lowest BCUT2D eigenvalue weighted by Crippen LogP contribution is -2.30. The van der Waals surface area contributed by atoms with Crippen LogP contribution in [0.5, 0.6) is 0 Å². The number of nitrogen functional groups attached to an aromatic ring is 1. The van der Waals surface area contributed by atoms with Gasteiger partial charge in [-0.2, -0.15) is 0 Å². The molecular weight excluding hydrogens is 219 g/mol. The summed E-state index contributed by atoms with van der Waals surface area (Å²) in [5.74, 6) is -0.0565. The van der Waals surface area contributed by atoms with Crippen LogP contribution in [0.25, 0.3) is 0 Å². The molecular formula is C13H19FN2O. The first-order valence-corrected chi connectivity index (χ1v) is 6.14. The van der Waals surface area contributed by atoms with Gasteiger partial charge in [-0.1, -0.05) is 12.8 Å². The molecule has 1 aliphatic carbocycles. The van der Waals surface area contributed by atoms with E-state index in [1.54, 1.807) is 6.07 Å². The van der Waals surface area contributed by atoms with E-state index in [4.69, 9.17) is 5.73 Å². The van der Waals surface area contributed by atoms with Crippen LogP contribution in [0, 0.1) is 11.7 Å². The fourth-order valence-electron chi connectivity index (χ4n) is 2.36. The molecule has 0 radical (unpaired) electrons. The monoisotopic (exact) mass is 238 g/mol. The molecule has 0 heterocycles. The Hall–Kier alpha value is -1.29. The van der Waals surface area contributed by atoms with Crippen LogP contribution in [0.3, 0.4) is 0 Å². The van der Waals surface area contributed by atoms with E-state index in [1.807, 2.05) is 0 Å². The van der Waals surface area contributed by atoms with Crippen molar-refractivity contribution in [2.24, 2.45) is 5.92 Å². The van der Waals surface area contributed by atoms with E-state index in [-0.39, 0.29) is 17.8 Å². The Morgan fingerprint density at radius 1 is 1.35 bits per heavy atom. The van der Waals surface area contributed by atoms with E-state index in [1.165, 1.54) is 18.6 Å². The molecule has 1 fully saturated rings. The van der Waals surface area contributed by atoms with E-state index in [2.05, 4.69) is 5.32 Å². The highest BCUT2D eigenvalue weighted by atomic mass is 19.1. The first-order chi connectivity index (χ1) is 8.16. The maximum Gasteiger partial charge on any atom is 0.125 e. The fourth-order valence-corrected chi connectivity index (χ4v) is 2.36. The topological polar surface area (TPSA) is 58.3 Å². The van der Waals surface area contributed by atoms with Crippen LogP contribution >= 0.6 is 0 Å². The Morgan fingerprint density at radius 3 is 2.82 bits per heavy atom. The van der Waals surface area contributed by atoms with Gasteiger partial charge in [-0.3, -0.25) is 0 Å². The van der Waals surface area contributed by atoms with Crippen molar-refractivity contribution in [2.75, 3.05) is 17.6 Å². The summed E-state index contributed by atoms with van der Waals surface area (Å²) in [7, 11) is 0. The summed E-state index contributed by atoms with van der Waals surface area (Å²) >= 11 is 0. The molecule has 1 saturated carbocycles. The summed E-state index contributed by atoms with van der Waals surface area (Å²) in [5.41, 5.74) is 6.86. The Balaban J connectivity index is 1.92. The molecule has 0 aromatic heterocycles. The largest absolute Gasteiger partial charge is 0.397 e. The van der Waals surface area contributed by atoms with Gasteiger partial charge in [0.1, 0.15) is 5.82 Å². The molecule has 0 aliphatic heterocycles. The molecule has 0 amide bonds. The fraction of sp³-hybridized carbons (Fsp3) is 0.538. The molecule has 1 aromatic carbocycles. The van der Waals surface area contributed by atoms with Crippen LogP contribution in [0.1, 0.15) is 25.7 Å². The zero-order chi connectivity index (χ0) is 12.3. The van der Waals surface area contributed by atoms with Gasteiger partial charge in [0.2, 0.25) is 0 Å². The molecule has 4 heteroatoms. The number of aliphatic hydroxyl groups is 1. The van der Waals surface area contributed by atoms with Gasteiger partial charge in [0, 0.05) is 12.5 Å². The summed E-state index contributed by atoms with van der Waals surface area (Å²) in [4.78, 5) is 0. The van der Waals surface area contributed by atoms with Crippen molar-refractivity contribution in [3.8, 4) is 0 Å². The van der Waals surface area contributed by atoms with Gasteiger partial charge in [0.25, 0.3) is 0 Å². The lowest BCUT2D eigenvalue weighted by Gasteiger charge is -2.28. The Morgan fingerprint density at radius 2 is 2.12 bits per heavy atom. The van der Waals surface area contributed by atoms with Crippen molar-refractivity contribution in [2.45, 2.75) is 31.8 Å². The first kappa shape index (κ1) is 12.2. The van der Waals surface area contributed by atoms with Crippen LogP contribution in [0.2, 0.25) is 0 Å². The minimum absolute atomic E-state index is 0.224. The van der Waals surface area contributed by atoms with Crippen LogP contribution < -0.4 is 11.1 Å². The van der Waals surface area contributed by atoms with Gasteiger partial charge in [0.15, 0.2) is 0 Å². The van der Waals surface area contributed by atoms with Gasteiger partial charge in [-0.15, -0.1) is 0 Å². The third kappa shape index (κ3) is 3.09. The van der Waals surface area contributed by atoms with Crippen molar-refractivity contribution < 1.29 is 9.50 Å². The number of rotatable bonds is 3. The average molecular weight is 238 g/mol. The Bertz CT molecular complexity index is 384. The standard InChI is InChI=1S/C13H19FN2O/c14-10-5-6-12(11(15)7-10)16-8-9-3-1-2-4-13(9)17/h5-7,9,13,16-17H,1-4,8,15H2. The zero-order valence-electron chi connectivity index (χ0n) is 9.82. The molecule has 0 saturated heterocycles. The van der Waals surface area contributed by atoms with Gasteiger partial charge in [-0.25, -0.2) is 4.39 Å². The molecule has 4 N–H and O–H groups in total. The maximum absolute atomic E-state index is 12.9. The first-order valence-electron chi connectivity index (χ1n) is 6.14. The summed E-state index contributed by atoms with van der Waals surface area (Å²) in [6.07, 6.45) is 3.97. The van der Waals surface area contributed by atoms with Gasteiger partial charge in [-0.05, 0) is 31.0 Å². The van der Waals surface area contributed by atoms with Crippen molar-refractivity contribution >= 4 is 11.4 Å². The summed E-state index contributed by atoms with van der Waals surface area (Å²) in [6.45, 7) is 0.691. The second-order valence-corrected chi connectivity index (χ2v) is 4.72. The van der Waals surface area contributed by atoms with Gasteiger partial charge in [0.05, 0.1) is 17.5 Å². The number of nitrogens with one attached hydrogen (secondary N) is 1. The van der Waals surface area contributed by atoms with Crippen molar-refractivity contribution in [1.82, 2.24) is 0 Å². The quantitative estimate of drug-likeness (QED) is 0.708. The Kier molecular flexibility index (Phi) is 3.84. The van der Waals surface area contributed by atoms with Crippen LogP contribution in [-0.4, -0.2) is 17.8 Å². The third-order valence-corrected chi connectivity index (χ3v) is 3.44.